The largest absolute Gasteiger partial charge is 0.487 e. The van der Waals surface area contributed by atoms with E-state index in [0.29, 0.717) is 31.8 Å². The van der Waals surface area contributed by atoms with E-state index in [-0.39, 0.29) is 17.3 Å². The topological polar surface area (TPSA) is 61.6 Å². The van der Waals surface area contributed by atoms with Crippen LogP contribution in [0.1, 0.15) is 18.9 Å². The number of alkyl halides is 1. The van der Waals surface area contributed by atoms with E-state index in [0.717, 1.165) is 0 Å². The molecule has 5 nitrogen and oxygen atoms in total. The molecule has 0 spiro atoms. The van der Waals surface area contributed by atoms with Crippen LogP contribution < -0.4 is 4.74 Å². The van der Waals surface area contributed by atoms with E-state index in [4.69, 9.17) is 21.1 Å². The first-order chi connectivity index (χ1) is 8.69. The van der Waals surface area contributed by atoms with Crippen molar-refractivity contribution >= 4 is 17.3 Å². The summed E-state index contributed by atoms with van der Waals surface area (Å²) in [6.45, 7) is 3.55. The Morgan fingerprint density at radius 2 is 2.17 bits per heavy atom. The Kier molecular flexibility index (Phi) is 6.46. The van der Waals surface area contributed by atoms with Gasteiger partial charge in [-0.3, -0.25) is 10.1 Å². The van der Waals surface area contributed by atoms with E-state index >= 15 is 0 Å². The molecule has 0 saturated heterocycles. The molecule has 100 valence electrons. The van der Waals surface area contributed by atoms with Gasteiger partial charge in [0.2, 0.25) is 0 Å². The number of nitrogens with zero attached hydrogens (tertiary/aromatic N) is 1. The first-order valence-electron chi connectivity index (χ1n) is 5.72. The second-order valence-electron chi connectivity index (χ2n) is 3.59. The summed E-state index contributed by atoms with van der Waals surface area (Å²) in [5, 5.41) is 10.9. The van der Waals surface area contributed by atoms with Gasteiger partial charge in [0.15, 0.2) is 5.75 Å². The standard InChI is InChI=1S/C12H16ClNO4/c1-2-17-6-3-7-18-12-5-4-10(9-13)8-11(12)14(15)16/h4-5,8H,2-3,6-7,9H2,1H3. The van der Waals surface area contributed by atoms with E-state index in [1.54, 1.807) is 12.1 Å². The van der Waals surface area contributed by atoms with Crippen LogP contribution in [-0.2, 0) is 10.6 Å². The van der Waals surface area contributed by atoms with E-state index in [1.165, 1.54) is 6.07 Å². The summed E-state index contributed by atoms with van der Waals surface area (Å²) in [6.07, 6.45) is 0.697. The fourth-order valence-electron chi connectivity index (χ4n) is 1.40. The molecular weight excluding hydrogens is 258 g/mol. The van der Waals surface area contributed by atoms with E-state index in [9.17, 15) is 10.1 Å². The molecule has 1 rings (SSSR count). The molecule has 0 amide bonds. The molecule has 1 aromatic carbocycles. The van der Waals surface area contributed by atoms with Gasteiger partial charge < -0.3 is 9.47 Å². The van der Waals surface area contributed by atoms with Crippen LogP contribution in [0.25, 0.3) is 0 Å². The quantitative estimate of drug-likeness (QED) is 0.316. The molecule has 6 heteroatoms. The van der Waals surface area contributed by atoms with Gasteiger partial charge in [-0.25, -0.2) is 0 Å². The van der Waals surface area contributed by atoms with E-state index in [1.807, 2.05) is 6.92 Å². The third-order valence-electron chi connectivity index (χ3n) is 2.27. The summed E-state index contributed by atoms with van der Waals surface area (Å²) in [4.78, 5) is 10.4. The van der Waals surface area contributed by atoms with Crippen molar-refractivity contribution in [3.05, 3.63) is 33.9 Å². The zero-order valence-corrected chi connectivity index (χ0v) is 11.0. The minimum Gasteiger partial charge on any atom is -0.487 e. The molecule has 0 unspecified atom stereocenters. The molecule has 0 aliphatic carbocycles. The fourth-order valence-corrected chi connectivity index (χ4v) is 1.56. The first-order valence-corrected chi connectivity index (χ1v) is 6.26. The van der Waals surface area contributed by atoms with Gasteiger partial charge in [-0.05, 0) is 18.6 Å². The third-order valence-corrected chi connectivity index (χ3v) is 2.58. The number of nitro benzene ring substituents is 1. The highest BCUT2D eigenvalue weighted by molar-refractivity contribution is 6.17. The number of ether oxygens (including phenoxy) is 2. The van der Waals surface area contributed by atoms with Crippen molar-refractivity contribution in [3.8, 4) is 5.75 Å². The summed E-state index contributed by atoms with van der Waals surface area (Å²) in [5.74, 6) is 0.510. The Bertz CT molecular complexity index is 398. The lowest BCUT2D eigenvalue weighted by atomic mass is 10.2. The molecule has 0 aliphatic heterocycles. The van der Waals surface area contributed by atoms with Crippen molar-refractivity contribution in [3.63, 3.8) is 0 Å². The normalized spacial score (nSPS) is 10.3. The Labute approximate surface area is 111 Å². The van der Waals surface area contributed by atoms with Gasteiger partial charge in [0.05, 0.1) is 11.5 Å². The van der Waals surface area contributed by atoms with E-state index < -0.39 is 4.92 Å². The molecule has 0 bridgehead atoms. The molecule has 0 aromatic heterocycles. The predicted molar refractivity (Wildman–Crippen MR) is 69.3 cm³/mol. The highest BCUT2D eigenvalue weighted by atomic mass is 35.5. The number of nitro groups is 1. The molecule has 1 aromatic rings. The van der Waals surface area contributed by atoms with Crippen LogP contribution in [0.5, 0.6) is 5.75 Å². The van der Waals surface area contributed by atoms with Crippen molar-refractivity contribution in [2.45, 2.75) is 19.2 Å². The Hall–Kier alpha value is -1.33. The summed E-state index contributed by atoms with van der Waals surface area (Å²) in [5.41, 5.74) is 0.648. The second-order valence-corrected chi connectivity index (χ2v) is 3.86. The van der Waals surface area contributed by atoms with Gasteiger partial charge in [-0.15, -0.1) is 11.6 Å². The molecular formula is C12H16ClNO4. The Morgan fingerprint density at radius 3 is 2.78 bits per heavy atom. The highest BCUT2D eigenvalue weighted by Gasteiger charge is 2.15. The van der Waals surface area contributed by atoms with E-state index in [2.05, 4.69) is 0 Å². The average Bonchev–Trinajstić information content (AvgIpc) is 2.38. The molecule has 18 heavy (non-hydrogen) atoms. The number of rotatable bonds is 8. The highest BCUT2D eigenvalue weighted by Crippen LogP contribution is 2.28. The SMILES string of the molecule is CCOCCCOc1ccc(CCl)cc1[N+](=O)[O-]. The Morgan fingerprint density at radius 1 is 1.39 bits per heavy atom. The maximum absolute atomic E-state index is 10.9. The molecule has 0 N–H and O–H groups in total. The summed E-state index contributed by atoms with van der Waals surface area (Å²) in [7, 11) is 0. The average molecular weight is 274 g/mol. The summed E-state index contributed by atoms with van der Waals surface area (Å²) >= 11 is 5.64. The van der Waals surface area contributed by atoms with Crippen LogP contribution in [0.4, 0.5) is 5.69 Å². The van der Waals surface area contributed by atoms with Gasteiger partial charge in [-0.1, -0.05) is 6.07 Å². The number of hydrogen-bond acceptors (Lipinski definition) is 4. The van der Waals surface area contributed by atoms with Gasteiger partial charge in [0, 0.05) is 31.6 Å². The van der Waals surface area contributed by atoms with Crippen LogP contribution in [0.2, 0.25) is 0 Å². The minimum absolute atomic E-state index is 0.0513. The molecule has 0 radical (unpaired) electrons. The van der Waals surface area contributed by atoms with Crippen molar-refractivity contribution < 1.29 is 14.4 Å². The van der Waals surface area contributed by atoms with Crippen molar-refractivity contribution in [2.24, 2.45) is 0 Å². The van der Waals surface area contributed by atoms with Crippen LogP contribution in [0, 0.1) is 10.1 Å². The molecule has 0 aliphatic rings. The second kappa shape index (κ2) is 7.89. The molecule has 0 atom stereocenters. The van der Waals surface area contributed by atoms with Crippen molar-refractivity contribution in [1.82, 2.24) is 0 Å². The fraction of sp³-hybridized carbons (Fsp3) is 0.500. The number of hydrogen-bond donors (Lipinski definition) is 0. The van der Waals surface area contributed by atoms with Crippen molar-refractivity contribution in [2.75, 3.05) is 19.8 Å². The molecule has 0 heterocycles. The number of halogens is 1. The lowest BCUT2D eigenvalue weighted by Crippen LogP contribution is -2.04. The zero-order chi connectivity index (χ0) is 13.4. The van der Waals surface area contributed by atoms with Crippen LogP contribution in [0.15, 0.2) is 18.2 Å². The summed E-state index contributed by atoms with van der Waals surface area (Å²) in [6, 6.07) is 4.74. The zero-order valence-electron chi connectivity index (χ0n) is 10.2. The predicted octanol–water partition coefficient (Wildman–Crippen LogP) is 3.14. The van der Waals surface area contributed by atoms with Crippen LogP contribution in [-0.4, -0.2) is 24.7 Å². The Balaban J connectivity index is 2.61. The van der Waals surface area contributed by atoms with Gasteiger partial charge in [0.1, 0.15) is 0 Å². The lowest BCUT2D eigenvalue weighted by Gasteiger charge is -2.07. The monoisotopic (exact) mass is 273 g/mol. The van der Waals surface area contributed by atoms with Crippen molar-refractivity contribution in [1.29, 1.82) is 0 Å². The molecule has 0 saturated carbocycles. The maximum atomic E-state index is 10.9. The minimum atomic E-state index is -0.464. The van der Waals surface area contributed by atoms with Gasteiger partial charge >= 0.3 is 5.69 Å². The van der Waals surface area contributed by atoms with Crippen LogP contribution in [0.3, 0.4) is 0 Å². The maximum Gasteiger partial charge on any atom is 0.311 e. The first kappa shape index (κ1) is 14.7. The van der Waals surface area contributed by atoms with Gasteiger partial charge in [-0.2, -0.15) is 0 Å². The van der Waals surface area contributed by atoms with Crippen LogP contribution >= 0.6 is 11.6 Å². The number of benzene rings is 1. The third kappa shape index (κ3) is 4.50. The van der Waals surface area contributed by atoms with Gasteiger partial charge in [0.25, 0.3) is 0 Å². The molecule has 0 fully saturated rings. The smallest absolute Gasteiger partial charge is 0.311 e. The summed E-state index contributed by atoms with van der Waals surface area (Å²) < 4.78 is 10.5. The lowest BCUT2D eigenvalue weighted by molar-refractivity contribution is -0.385.